The molecular weight excluding hydrogens is 312 g/mol. The van der Waals surface area contributed by atoms with Gasteiger partial charge in [-0.2, -0.15) is 0 Å². The van der Waals surface area contributed by atoms with E-state index in [1.54, 1.807) is 6.07 Å². The number of carbonyl (C=O) groups excluding carboxylic acids is 3. The Morgan fingerprint density at radius 1 is 1.12 bits per heavy atom. The number of benzene rings is 1. The number of hydrogen-bond donors (Lipinski definition) is 2. The van der Waals surface area contributed by atoms with Crippen molar-refractivity contribution >= 4 is 17.9 Å². The molecule has 7 heteroatoms. The van der Waals surface area contributed by atoms with Crippen molar-refractivity contribution in [1.29, 1.82) is 0 Å². The van der Waals surface area contributed by atoms with E-state index in [2.05, 4.69) is 10.6 Å². The first-order chi connectivity index (χ1) is 11.3. The number of urea groups is 1. The quantitative estimate of drug-likeness (QED) is 0.741. The van der Waals surface area contributed by atoms with Crippen LogP contribution in [0.4, 0.5) is 4.79 Å². The van der Waals surface area contributed by atoms with E-state index < -0.39 is 24.5 Å². The van der Waals surface area contributed by atoms with Crippen LogP contribution >= 0.6 is 0 Å². The van der Waals surface area contributed by atoms with E-state index in [0.29, 0.717) is 5.75 Å². The Morgan fingerprint density at radius 3 is 2.46 bits per heavy atom. The number of ether oxygens (including phenoxy) is 2. The zero-order valence-corrected chi connectivity index (χ0v) is 14.5. The summed E-state index contributed by atoms with van der Waals surface area (Å²) in [5, 5.41) is 4.65. The van der Waals surface area contributed by atoms with Gasteiger partial charge in [0.2, 0.25) is 0 Å². The first-order valence-corrected chi connectivity index (χ1v) is 7.77. The van der Waals surface area contributed by atoms with Crippen molar-refractivity contribution in [2.45, 2.75) is 40.2 Å². The lowest BCUT2D eigenvalue weighted by Crippen LogP contribution is -2.44. The third-order valence-corrected chi connectivity index (χ3v) is 3.44. The SMILES string of the molecule is CC[C@@H](C)NC(=O)NC(=O)COC(=O)COc1ccc(C)c(C)c1. The highest BCUT2D eigenvalue weighted by Crippen LogP contribution is 2.16. The molecule has 0 aromatic heterocycles. The van der Waals surface area contributed by atoms with Crippen molar-refractivity contribution in [2.75, 3.05) is 13.2 Å². The van der Waals surface area contributed by atoms with Crippen molar-refractivity contribution in [3.63, 3.8) is 0 Å². The second-order valence-electron chi connectivity index (χ2n) is 5.53. The van der Waals surface area contributed by atoms with Gasteiger partial charge in [0.05, 0.1) is 0 Å². The molecule has 3 amide bonds. The Bertz CT molecular complexity index is 601. The van der Waals surface area contributed by atoms with Crippen molar-refractivity contribution in [3.05, 3.63) is 29.3 Å². The molecule has 7 nitrogen and oxygen atoms in total. The predicted molar refractivity (Wildman–Crippen MR) is 88.8 cm³/mol. The number of carbonyl (C=O) groups is 3. The van der Waals surface area contributed by atoms with Crippen LogP contribution in [0.25, 0.3) is 0 Å². The number of esters is 1. The van der Waals surface area contributed by atoms with Crippen LogP contribution < -0.4 is 15.4 Å². The second kappa shape index (κ2) is 9.54. The fraction of sp³-hybridized carbons (Fsp3) is 0.471. The molecule has 0 aliphatic rings. The van der Waals surface area contributed by atoms with Crippen LogP contribution in [0.1, 0.15) is 31.4 Å². The highest BCUT2D eigenvalue weighted by atomic mass is 16.6. The zero-order valence-electron chi connectivity index (χ0n) is 14.5. The third-order valence-electron chi connectivity index (χ3n) is 3.44. The fourth-order valence-corrected chi connectivity index (χ4v) is 1.66. The molecule has 1 aromatic carbocycles. The Balaban J connectivity index is 2.29. The number of amides is 3. The van der Waals surface area contributed by atoms with Gasteiger partial charge in [0.25, 0.3) is 5.91 Å². The van der Waals surface area contributed by atoms with Crippen molar-refractivity contribution in [1.82, 2.24) is 10.6 Å². The second-order valence-corrected chi connectivity index (χ2v) is 5.53. The first-order valence-electron chi connectivity index (χ1n) is 7.77. The van der Waals surface area contributed by atoms with E-state index in [1.807, 2.05) is 39.8 Å². The molecule has 0 heterocycles. The summed E-state index contributed by atoms with van der Waals surface area (Å²) >= 11 is 0. The van der Waals surface area contributed by atoms with E-state index in [0.717, 1.165) is 17.5 Å². The lowest BCUT2D eigenvalue weighted by atomic mass is 10.1. The van der Waals surface area contributed by atoms with E-state index in [-0.39, 0.29) is 12.6 Å². The monoisotopic (exact) mass is 336 g/mol. The molecule has 0 saturated heterocycles. The molecule has 1 rings (SSSR count). The Morgan fingerprint density at radius 2 is 1.83 bits per heavy atom. The summed E-state index contributed by atoms with van der Waals surface area (Å²) in [4.78, 5) is 34.5. The van der Waals surface area contributed by atoms with Crippen LogP contribution in [0.2, 0.25) is 0 Å². The van der Waals surface area contributed by atoms with Gasteiger partial charge in [-0.3, -0.25) is 10.1 Å². The van der Waals surface area contributed by atoms with Gasteiger partial charge in [0.15, 0.2) is 13.2 Å². The number of nitrogens with one attached hydrogen (secondary N) is 2. The van der Waals surface area contributed by atoms with Crippen LogP contribution in [0, 0.1) is 13.8 Å². The summed E-state index contributed by atoms with van der Waals surface area (Å²) in [5.41, 5.74) is 2.17. The van der Waals surface area contributed by atoms with Crippen molar-refractivity contribution < 1.29 is 23.9 Å². The minimum atomic E-state index is -0.699. The summed E-state index contributed by atoms with van der Waals surface area (Å²) in [7, 11) is 0. The average Bonchev–Trinajstić information content (AvgIpc) is 2.53. The molecule has 0 saturated carbocycles. The lowest BCUT2D eigenvalue weighted by Gasteiger charge is -2.12. The van der Waals surface area contributed by atoms with Crippen LogP contribution in [-0.2, 0) is 14.3 Å². The zero-order chi connectivity index (χ0) is 18.1. The van der Waals surface area contributed by atoms with Crippen LogP contribution in [-0.4, -0.2) is 37.2 Å². The van der Waals surface area contributed by atoms with Gasteiger partial charge < -0.3 is 14.8 Å². The molecule has 2 N–H and O–H groups in total. The van der Waals surface area contributed by atoms with E-state index in [4.69, 9.17) is 9.47 Å². The van der Waals surface area contributed by atoms with E-state index in [1.165, 1.54) is 0 Å². The standard InChI is InChI=1S/C17H24N2O5/c1-5-13(4)18-17(22)19-15(20)9-24-16(21)10-23-14-7-6-11(2)12(3)8-14/h6-8,13H,5,9-10H2,1-4H3,(H2,18,19,20,22)/t13-/m1/s1. The molecule has 0 bridgehead atoms. The molecule has 1 aromatic rings. The maximum Gasteiger partial charge on any atom is 0.344 e. The summed E-state index contributed by atoms with van der Waals surface area (Å²) in [6.45, 7) is 6.79. The first kappa shape index (κ1) is 19.5. The van der Waals surface area contributed by atoms with Gasteiger partial charge in [-0.25, -0.2) is 9.59 Å². The molecular formula is C17H24N2O5. The van der Waals surface area contributed by atoms with Crippen molar-refractivity contribution in [2.24, 2.45) is 0 Å². The van der Waals surface area contributed by atoms with Crippen LogP contribution in [0.3, 0.4) is 0 Å². The molecule has 0 unspecified atom stereocenters. The maximum atomic E-state index is 11.6. The summed E-state index contributed by atoms with van der Waals surface area (Å²) in [5.74, 6) is -0.839. The topological polar surface area (TPSA) is 93.7 Å². The van der Waals surface area contributed by atoms with Crippen LogP contribution in [0.15, 0.2) is 18.2 Å². The Kier molecular flexibility index (Phi) is 7.74. The fourth-order valence-electron chi connectivity index (χ4n) is 1.66. The van der Waals surface area contributed by atoms with E-state index in [9.17, 15) is 14.4 Å². The van der Waals surface area contributed by atoms with Gasteiger partial charge >= 0.3 is 12.0 Å². The van der Waals surface area contributed by atoms with Gasteiger partial charge in [0, 0.05) is 6.04 Å². The van der Waals surface area contributed by atoms with Gasteiger partial charge in [-0.1, -0.05) is 13.0 Å². The third kappa shape index (κ3) is 7.13. The van der Waals surface area contributed by atoms with Crippen molar-refractivity contribution in [3.8, 4) is 5.75 Å². The number of hydrogen-bond acceptors (Lipinski definition) is 5. The highest BCUT2D eigenvalue weighted by molar-refractivity contribution is 5.95. The number of aryl methyl sites for hydroxylation is 2. The Hall–Kier alpha value is -2.57. The summed E-state index contributed by atoms with van der Waals surface area (Å²) in [6.07, 6.45) is 0.742. The Labute approximate surface area is 141 Å². The molecule has 0 spiro atoms. The highest BCUT2D eigenvalue weighted by Gasteiger charge is 2.12. The van der Waals surface area contributed by atoms with E-state index >= 15 is 0 Å². The smallest absolute Gasteiger partial charge is 0.344 e. The molecule has 0 aliphatic heterocycles. The molecule has 0 aliphatic carbocycles. The molecule has 0 fully saturated rings. The predicted octanol–water partition coefficient (Wildman–Crippen LogP) is 1.85. The summed E-state index contributed by atoms with van der Waals surface area (Å²) in [6, 6.07) is 4.79. The minimum absolute atomic E-state index is 0.0493. The maximum absolute atomic E-state index is 11.6. The van der Waals surface area contributed by atoms with Crippen LogP contribution in [0.5, 0.6) is 5.75 Å². The minimum Gasteiger partial charge on any atom is -0.482 e. The lowest BCUT2D eigenvalue weighted by molar-refractivity contribution is -0.150. The number of imide groups is 1. The molecule has 1 atom stereocenters. The van der Waals surface area contributed by atoms with Gasteiger partial charge in [-0.15, -0.1) is 0 Å². The summed E-state index contributed by atoms with van der Waals surface area (Å²) < 4.78 is 10.1. The normalized spacial score (nSPS) is 11.3. The molecule has 132 valence electrons. The number of rotatable bonds is 7. The largest absolute Gasteiger partial charge is 0.482 e. The molecule has 0 radical (unpaired) electrons. The average molecular weight is 336 g/mol. The van der Waals surface area contributed by atoms with Gasteiger partial charge in [0.1, 0.15) is 5.75 Å². The molecule has 24 heavy (non-hydrogen) atoms. The van der Waals surface area contributed by atoms with Gasteiger partial charge in [-0.05, 0) is 50.5 Å².